The lowest BCUT2D eigenvalue weighted by Gasteiger charge is -2.19. The van der Waals surface area contributed by atoms with Crippen LogP contribution < -0.4 is 5.32 Å². The van der Waals surface area contributed by atoms with Crippen LogP contribution in [-0.4, -0.2) is 18.9 Å². The SMILES string of the molecule is CCCCCC(=O)C1CC[N]CC1. The van der Waals surface area contributed by atoms with Crippen molar-refractivity contribution < 1.29 is 4.79 Å². The fourth-order valence-electron chi connectivity index (χ4n) is 1.83. The molecule has 1 heterocycles. The number of nitrogens with zero attached hydrogens (tertiary/aromatic N) is 1. The maximum atomic E-state index is 11.6. The van der Waals surface area contributed by atoms with Gasteiger partial charge in [-0.1, -0.05) is 19.8 Å². The molecule has 2 heteroatoms. The molecule has 13 heavy (non-hydrogen) atoms. The summed E-state index contributed by atoms with van der Waals surface area (Å²) in [7, 11) is 0. The number of carbonyl (C=O) groups is 1. The van der Waals surface area contributed by atoms with Gasteiger partial charge < -0.3 is 0 Å². The van der Waals surface area contributed by atoms with Crippen molar-refractivity contribution in [1.82, 2.24) is 5.32 Å². The number of unbranched alkanes of at least 4 members (excludes halogenated alkanes) is 2. The Morgan fingerprint density at radius 2 is 2.00 bits per heavy atom. The molecule has 0 N–H and O–H groups in total. The van der Waals surface area contributed by atoms with Crippen molar-refractivity contribution in [3.05, 3.63) is 0 Å². The number of ketones is 1. The van der Waals surface area contributed by atoms with Crippen LogP contribution in [0.5, 0.6) is 0 Å². The van der Waals surface area contributed by atoms with E-state index < -0.39 is 0 Å². The Bertz CT molecular complexity index is 150. The average Bonchev–Trinajstić information content (AvgIpc) is 2.19. The molecule has 0 unspecified atom stereocenters. The summed E-state index contributed by atoms with van der Waals surface area (Å²) in [6, 6.07) is 0. The van der Waals surface area contributed by atoms with E-state index in [9.17, 15) is 4.79 Å². The lowest BCUT2D eigenvalue weighted by Crippen LogP contribution is -2.27. The Kier molecular flexibility index (Phi) is 5.06. The zero-order valence-corrected chi connectivity index (χ0v) is 8.59. The zero-order valence-electron chi connectivity index (χ0n) is 8.59. The van der Waals surface area contributed by atoms with Crippen molar-refractivity contribution in [1.29, 1.82) is 0 Å². The molecular weight excluding hydrogens is 162 g/mol. The van der Waals surface area contributed by atoms with E-state index in [1.165, 1.54) is 12.8 Å². The topological polar surface area (TPSA) is 31.2 Å². The first-order chi connectivity index (χ1) is 6.34. The fourth-order valence-corrected chi connectivity index (χ4v) is 1.83. The van der Waals surface area contributed by atoms with Crippen LogP contribution in [0.3, 0.4) is 0 Å². The average molecular weight is 182 g/mol. The molecule has 75 valence electrons. The molecule has 0 aromatic heterocycles. The van der Waals surface area contributed by atoms with Crippen LogP contribution in [0.4, 0.5) is 0 Å². The molecule has 1 aliphatic rings. The Balaban J connectivity index is 2.13. The van der Waals surface area contributed by atoms with Gasteiger partial charge in [-0.3, -0.25) is 4.79 Å². The smallest absolute Gasteiger partial charge is 0.136 e. The Morgan fingerprint density at radius 3 is 2.62 bits per heavy atom. The predicted molar refractivity (Wildman–Crippen MR) is 53.7 cm³/mol. The van der Waals surface area contributed by atoms with Crippen LogP contribution in [0.2, 0.25) is 0 Å². The van der Waals surface area contributed by atoms with E-state index in [0.717, 1.165) is 38.8 Å². The molecule has 0 aromatic carbocycles. The monoisotopic (exact) mass is 182 g/mol. The predicted octanol–water partition coefficient (Wildman–Crippen LogP) is 2.15. The van der Waals surface area contributed by atoms with Gasteiger partial charge in [-0.25, -0.2) is 5.32 Å². The van der Waals surface area contributed by atoms with E-state index in [2.05, 4.69) is 12.2 Å². The Labute approximate surface area is 81.1 Å². The van der Waals surface area contributed by atoms with E-state index in [1.54, 1.807) is 0 Å². The first kappa shape index (κ1) is 10.7. The summed E-state index contributed by atoms with van der Waals surface area (Å²) in [6.07, 6.45) is 6.30. The number of Topliss-reactive ketones (excluding diaryl/α,β-unsaturated/α-hetero) is 1. The molecular formula is C11H20NO. The second-order valence-corrected chi connectivity index (χ2v) is 3.87. The van der Waals surface area contributed by atoms with E-state index in [1.807, 2.05) is 0 Å². The molecule has 0 aliphatic carbocycles. The van der Waals surface area contributed by atoms with Crippen LogP contribution in [0.15, 0.2) is 0 Å². The minimum atomic E-state index is 0.342. The van der Waals surface area contributed by atoms with E-state index in [4.69, 9.17) is 0 Å². The first-order valence-corrected chi connectivity index (χ1v) is 5.50. The molecule has 0 saturated carbocycles. The maximum Gasteiger partial charge on any atom is 0.136 e. The third kappa shape index (κ3) is 3.90. The molecule has 1 saturated heterocycles. The van der Waals surface area contributed by atoms with Gasteiger partial charge in [0.1, 0.15) is 5.78 Å². The lowest BCUT2D eigenvalue weighted by atomic mass is 9.91. The highest BCUT2D eigenvalue weighted by Crippen LogP contribution is 2.16. The summed E-state index contributed by atoms with van der Waals surface area (Å²) in [5.74, 6) is 0.831. The molecule has 0 amide bonds. The minimum absolute atomic E-state index is 0.342. The summed E-state index contributed by atoms with van der Waals surface area (Å²) in [5.41, 5.74) is 0. The number of carbonyl (C=O) groups excluding carboxylic acids is 1. The van der Waals surface area contributed by atoms with Gasteiger partial charge in [-0.05, 0) is 19.3 Å². The Hall–Kier alpha value is -0.370. The van der Waals surface area contributed by atoms with Gasteiger partial charge in [0.25, 0.3) is 0 Å². The molecule has 0 atom stereocenters. The summed E-state index contributed by atoms with van der Waals surface area (Å²) >= 11 is 0. The number of rotatable bonds is 5. The third-order valence-corrected chi connectivity index (χ3v) is 2.75. The standard InChI is InChI=1S/C11H20NO/c1-2-3-4-5-11(13)10-6-8-12-9-7-10/h10H,2-9H2,1H3. The van der Waals surface area contributed by atoms with Crippen molar-refractivity contribution in [3.8, 4) is 0 Å². The molecule has 1 aliphatic heterocycles. The van der Waals surface area contributed by atoms with Gasteiger partial charge in [0.15, 0.2) is 0 Å². The van der Waals surface area contributed by atoms with E-state index in [-0.39, 0.29) is 0 Å². The van der Waals surface area contributed by atoms with Crippen LogP contribution in [0.25, 0.3) is 0 Å². The van der Waals surface area contributed by atoms with E-state index in [0.29, 0.717) is 11.7 Å². The van der Waals surface area contributed by atoms with Crippen LogP contribution in [-0.2, 0) is 4.79 Å². The first-order valence-electron chi connectivity index (χ1n) is 5.50. The number of hydrogen-bond donors (Lipinski definition) is 0. The molecule has 1 rings (SSSR count). The number of hydrogen-bond acceptors (Lipinski definition) is 1. The van der Waals surface area contributed by atoms with Crippen LogP contribution >= 0.6 is 0 Å². The maximum absolute atomic E-state index is 11.6. The summed E-state index contributed by atoms with van der Waals surface area (Å²) < 4.78 is 0. The van der Waals surface area contributed by atoms with Crippen molar-refractivity contribution in [3.63, 3.8) is 0 Å². The van der Waals surface area contributed by atoms with Gasteiger partial charge in [-0.15, -0.1) is 0 Å². The summed E-state index contributed by atoms with van der Waals surface area (Å²) in [5, 5.41) is 4.25. The summed E-state index contributed by atoms with van der Waals surface area (Å²) in [6.45, 7) is 3.98. The Morgan fingerprint density at radius 1 is 1.31 bits per heavy atom. The zero-order chi connectivity index (χ0) is 9.52. The lowest BCUT2D eigenvalue weighted by molar-refractivity contribution is -0.123. The van der Waals surface area contributed by atoms with Crippen molar-refractivity contribution >= 4 is 5.78 Å². The van der Waals surface area contributed by atoms with Crippen molar-refractivity contribution in [2.24, 2.45) is 5.92 Å². The van der Waals surface area contributed by atoms with Crippen LogP contribution in [0, 0.1) is 5.92 Å². The van der Waals surface area contributed by atoms with Crippen molar-refractivity contribution in [2.45, 2.75) is 45.4 Å². The third-order valence-electron chi connectivity index (χ3n) is 2.75. The second kappa shape index (κ2) is 6.14. The summed E-state index contributed by atoms with van der Waals surface area (Å²) in [4.78, 5) is 11.6. The normalized spacial score (nSPS) is 18.8. The molecule has 0 bridgehead atoms. The second-order valence-electron chi connectivity index (χ2n) is 3.87. The van der Waals surface area contributed by atoms with Gasteiger partial charge >= 0.3 is 0 Å². The molecule has 1 fully saturated rings. The van der Waals surface area contributed by atoms with E-state index >= 15 is 0 Å². The highest BCUT2D eigenvalue weighted by molar-refractivity contribution is 5.81. The number of piperidine rings is 1. The largest absolute Gasteiger partial charge is 0.299 e. The molecule has 1 radical (unpaired) electrons. The fraction of sp³-hybridized carbons (Fsp3) is 0.909. The highest BCUT2D eigenvalue weighted by Gasteiger charge is 2.20. The van der Waals surface area contributed by atoms with Crippen molar-refractivity contribution in [2.75, 3.05) is 13.1 Å². The van der Waals surface area contributed by atoms with Gasteiger partial charge in [0.05, 0.1) is 0 Å². The highest BCUT2D eigenvalue weighted by atomic mass is 16.1. The quantitative estimate of drug-likeness (QED) is 0.599. The molecule has 0 spiro atoms. The molecule has 0 aromatic rings. The van der Waals surface area contributed by atoms with Gasteiger partial charge in [-0.2, -0.15) is 0 Å². The minimum Gasteiger partial charge on any atom is -0.299 e. The molecule has 2 nitrogen and oxygen atoms in total. The van der Waals surface area contributed by atoms with Crippen LogP contribution in [0.1, 0.15) is 45.4 Å². The van der Waals surface area contributed by atoms with Gasteiger partial charge in [0, 0.05) is 25.4 Å². The van der Waals surface area contributed by atoms with Gasteiger partial charge in [0.2, 0.25) is 0 Å².